The SMILES string of the molecule is CC1CCCC1CNC1CCCN(Cc2ccccc2)C1. The molecular weight excluding hydrogens is 256 g/mol. The Hall–Kier alpha value is -0.860. The molecule has 3 unspecified atom stereocenters. The number of rotatable bonds is 5. The van der Waals surface area contributed by atoms with Gasteiger partial charge in [0.05, 0.1) is 0 Å². The van der Waals surface area contributed by atoms with E-state index in [0.717, 1.165) is 18.4 Å². The van der Waals surface area contributed by atoms with Crippen LogP contribution in [0.1, 0.15) is 44.6 Å². The second-order valence-electron chi connectivity index (χ2n) is 7.14. The Bertz CT molecular complexity index is 417. The fourth-order valence-electron chi connectivity index (χ4n) is 4.05. The fraction of sp³-hybridized carbons (Fsp3) is 0.684. The summed E-state index contributed by atoms with van der Waals surface area (Å²) in [7, 11) is 0. The van der Waals surface area contributed by atoms with Crippen molar-refractivity contribution >= 4 is 0 Å². The van der Waals surface area contributed by atoms with Gasteiger partial charge in [0, 0.05) is 19.1 Å². The predicted octanol–water partition coefficient (Wildman–Crippen LogP) is 3.68. The lowest BCUT2D eigenvalue weighted by molar-refractivity contribution is 0.178. The van der Waals surface area contributed by atoms with Crippen molar-refractivity contribution in [3.8, 4) is 0 Å². The van der Waals surface area contributed by atoms with E-state index in [1.165, 1.54) is 57.3 Å². The number of likely N-dealkylation sites (tertiary alicyclic amines) is 1. The molecule has 2 nitrogen and oxygen atoms in total. The van der Waals surface area contributed by atoms with Crippen LogP contribution in [0.15, 0.2) is 30.3 Å². The third-order valence-electron chi connectivity index (χ3n) is 5.46. The van der Waals surface area contributed by atoms with Crippen molar-refractivity contribution in [3.63, 3.8) is 0 Å². The van der Waals surface area contributed by atoms with Crippen molar-refractivity contribution in [1.82, 2.24) is 10.2 Å². The van der Waals surface area contributed by atoms with E-state index in [0.29, 0.717) is 6.04 Å². The van der Waals surface area contributed by atoms with Crippen LogP contribution < -0.4 is 5.32 Å². The van der Waals surface area contributed by atoms with Crippen LogP contribution in [0.5, 0.6) is 0 Å². The largest absolute Gasteiger partial charge is 0.312 e. The number of hydrogen-bond donors (Lipinski definition) is 1. The number of hydrogen-bond acceptors (Lipinski definition) is 2. The first-order valence-corrected chi connectivity index (χ1v) is 8.81. The van der Waals surface area contributed by atoms with Gasteiger partial charge in [0.15, 0.2) is 0 Å². The Labute approximate surface area is 129 Å². The average Bonchev–Trinajstić information content (AvgIpc) is 2.92. The van der Waals surface area contributed by atoms with E-state index in [-0.39, 0.29) is 0 Å². The highest BCUT2D eigenvalue weighted by atomic mass is 15.2. The molecule has 0 aromatic heterocycles. The van der Waals surface area contributed by atoms with Crippen LogP contribution in [-0.2, 0) is 6.54 Å². The molecule has 3 atom stereocenters. The van der Waals surface area contributed by atoms with E-state index >= 15 is 0 Å². The zero-order valence-corrected chi connectivity index (χ0v) is 13.4. The summed E-state index contributed by atoms with van der Waals surface area (Å²) in [6.45, 7) is 7.26. The highest BCUT2D eigenvalue weighted by Crippen LogP contribution is 2.30. The molecule has 21 heavy (non-hydrogen) atoms. The Morgan fingerprint density at radius 3 is 2.71 bits per heavy atom. The van der Waals surface area contributed by atoms with Gasteiger partial charge in [0.1, 0.15) is 0 Å². The van der Waals surface area contributed by atoms with Crippen LogP contribution in [0.2, 0.25) is 0 Å². The van der Waals surface area contributed by atoms with Crippen LogP contribution in [-0.4, -0.2) is 30.6 Å². The van der Waals surface area contributed by atoms with Crippen molar-refractivity contribution in [2.75, 3.05) is 19.6 Å². The van der Waals surface area contributed by atoms with E-state index < -0.39 is 0 Å². The molecule has 3 rings (SSSR count). The maximum Gasteiger partial charge on any atom is 0.0234 e. The van der Waals surface area contributed by atoms with Crippen molar-refractivity contribution in [1.29, 1.82) is 0 Å². The van der Waals surface area contributed by atoms with Gasteiger partial charge < -0.3 is 5.32 Å². The van der Waals surface area contributed by atoms with Gasteiger partial charge in [-0.25, -0.2) is 0 Å². The minimum absolute atomic E-state index is 0.704. The number of benzene rings is 1. The third-order valence-corrected chi connectivity index (χ3v) is 5.46. The fourth-order valence-corrected chi connectivity index (χ4v) is 4.05. The van der Waals surface area contributed by atoms with E-state index in [1.807, 2.05) is 0 Å². The molecule has 1 heterocycles. The molecule has 1 aliphatic carbocycles. The van der Waals surface area contributed by atoms with Crippen LogP contribution in [0, 0.1) is 11.8 Å². The summed E-state index contributed by atoms with van der Waals surface area (Å²) in [5.41, 5.74) is 1.45. The molecule has 2 heteroatoms. The molecule has 1 aromatic carbocycles. The van der Waals surface area contributed by atoms with Gasteiger partial charge in [-0.05, 0) is 49.8 Å². The van der Waals surface area contributed by atoms with Gasteiger partial charge in [-0.3, -0.25) is 4.90 Å². The first-order chi connectivity index (χ1) is 10.3. The number of nitrogens with one attached hydrogen (secondary N) is 1. The quantitative estimate of drug-likeness (QED) is 0.888. The second kappa shape index (κ2) is 7.42. The zero-order valence-electron chi connectivity index (χ0n) is 13.4. The van der Waals surface area contributed by atoms with Crippen molar-refractivity contribution in [2.24, 2.45) is 11.8 Å². The van der Waals surface area contributed by atoms with Crippen molar-refractivity contribution in [2.45, 2.75) is 51.6 Å². The van der Waals surface area contributed by atoms with Gasteiger partial charge in [-0.15, -0.1) is 0 Å². The summed E-state index contributed by atoms with van der Waals surface area (Å²) in [6, 6.07) is 11.6. The number of nitrogens with zero attached hydrogens (tertiary/aromatic N) is 1. The summed E-state index contributed by atoms with van der Waals surface area (Å²) >= 11 is 0. The lowest BCUT2D eigenvalue weighted by atomic mass is 9.97. The van der Waals surface area contributed by atoms with Crippen molar-refractivity contribution in [3.05, 3.63) is 35.9 Å². The van der Waals surface area contributed by atoms with Gasteiger partial charge in [-0.1, -0.05) is 50.1 Å². The molecule has 1 saturated carbocycles. The first kappa shape index (κ1) is 15.1. The summed E-state index contributed by atoms with van der Waals surface area (Å²) in [6.07, 6.45) is 7.02. The molecule has 1 saturated heterocycles. The molecule has 0 radical (unpaired) electrons. The highest BCUT2D eigenvalue weighted by molar-refractivity contribution is 5.14. The van der Waals surface area contributed by atoms with Crippen LogP contribution in [0.4, 0.5) is 0 Å². The Morgan fingerprint density at radius 2 is 1.95 bits per heavy atom. The molecular formula is C19H30N2. The normalized spacial score (nSPS) is 30.6. The third kappa shape index (κ3) is 4.31. The maximum absolute atomic E-state index is 3.87. The maximum atomic E-state index is 3.87. The molecule has 2 aliphatic rings. The van der Waals surface area contributed by atoms with Gasteiger partial charge in [0.2, 0.25) is 0 Å². The summed E-state index contributed by atoms with van der Waals surface area (Å²) in [4.78, 5) is 2.62. The minimum atomic E-state index is 0.704. The zero-order chi connectivity index (χ0) is 14.5. The van der Waals surface area contributed by atoms with Crippen LogP contribution >= 0.6 is 0 Å². The van der Waals surface area contributed by atoms with Crippen LogP contribution in [0.25, 0.3) is 0 Å². The standard InChI is InChI=1S/C19H30N2/c1-16-7-5-10-18(16)13-20-19-11-6-12-21(15-19)14-17-8-3-2-4-9-17/h2-4,8-9,16,18-20H,5-7,10-15H2,1H3. The molecule has 0 bridgehead atoms. The number of piperidine rings is 1. The second-order valence-corrected chi connectivity index (χ2v) is 7.14. The monoisotopic (exact) mass is 286 g/mol. The molecule has 2 fully saturated rings. The Kier molecular flexibility index (Phi) is 5.32. The summed E-state index contributed by atoms with van der Waals surface area (Å²) in [5, 5.41) is 3.87. The Morgan fingerprint density at radius 1 is 1.10 bits per heavy atom. The molecule has 1 N–H and O–H groups in total. The molecule has 0 spiro atoms. The highest BCUT2D eigenvalue weighted by Gasteiger charge is 2.25. The smallest absolute Gasteiger partial charge is 0.0234 e. The summed E-state index contributed by atoms with van der Waals surface area (Å²) in [5.74, 6) is 1.86. The predicted molar refractivity (Wildman–Crippen MR) is 89.2 cm³/mol. The first-order valence-electron chi connectivity index (χ1n) is 8.81. The molecule has 1 aromatic rings. The molecule has 1 aliphatic heterocycles. The molecule has 0 amide bonds. The van der Waals surface area contributed by atoms with Gasteiger partial charge in [0.25, 0.3) is 0 Å². The lowest BCUT2D eigenvalue weighted by Gasteiger charge is -2.34. The van der Waals surface area contributed by atoms with Gasteiger partial charge in [-0.2, -0.15) is 0 Å². The minimum Gasteiger partial charge on any atom is -0.312 e. The lowest BCUT2D eigenvalue weighted by Crippen LogP contribution is -2.46. The van der Waals surface area contributed by atoms with Crippen molar-refractivity contribution < 1.29 is 0 Å². The van der Waals surface area contributed by atoms with E-state index in [9.17, 15) is 0 Å². The summed E-state index contributed by atoms with van der Waals surface area (Å²) < 4.78 is 0. The van der Waals surface area contributed by atoms with E-state index in [4.69, 9.17) is 0 Å². The van der Waals surface area contributed by atoms with Crippen LogP contribution in [0.3, 0.4) is 0 Å². The van der Waals surface area contributed by atoms with Gasteiger partial charge >= 0.3 is 0 Å². The van der Waals surface area contributed by atoms with E-state index in [2.05, 4.69) is 47.5 Å². The topological polar surface area (TPSA) is 15.3 Å². The average molecular weight is 286 g/mol. The molecule has 116 valence electrons. The Balaban J connectivity index is 1.44. The van der Waals surface area contributed by atoms with E-state index in [1.54, 1.807) is 0 Å².